The zero-order valence-corrected chi connectivity index (χ0v) is 13.9. The monoisotopic (exact) mass is 367 g/mol. The Morgan fingerprint density at radius 3 is 2.38 bits per heavy atom. The molecule has 7 heteroatoms. The molecular weight excluding hydrogens is 348 g/mol. The van der Waals surface area contributed by atoms with Crippen LogP contribution in [0.2, 0.25) is 0 Å². The minimum absolute atomic E-state index is 0.0837. The number of benzene rings is 1. The van der Waals surface area contributed by atoms with Gasteiger partial charge in [-0.05, 0) is 41.5 Å². The van der Waals surface area contributed by atoms with E-state index in [-0.39, 0.29) is 12.6 Å². The highest BCUT2D eigenvalue weighted by Gasteiger charge is 2.18. The topological polar surface area (TPSA) is 39.7 Å². The number of nitrogens with one attached hydrogen (secondary N) is 1. The number of hydrogen-bond donors (Lipinski definition) is 1. The SMILES string of the molecule is CNC(CCOCC(F)F)c1cc(OC)c(Br)cc1OC. The van der Waals surface area contributed by atoms with Crippen molar-refractivity contribution in [3.8, 4) is 11.5 Å². The Kier molecular flexibility index (Phi) is 7.92. The Morgan fingerprint density at radius 1 is 1.19 bits per heavy atom. The van der Waals surface area contributed by atoms with Crippen LogP contribution >= 0.6 is 15.9 Å². The zero-order valence-electron chi connectivity index (χ0n) is 12.3. The molecule has 0 saturated carbocycles. The minimum Gasteiger partial charge on any atom is -0.496 e. The van der Waals surface area contributed by atoms with Gasteiger partial charge >= 0.3 is 0 Å². The van der Waals surface area contributed by atoms with E-state index in [2.05, 4.69) is 21.2 Å². The predicted octanol–water partition coefficient (Wildman–Crippen LogP) is 3.40. The molecule has 4 nitrogen and oxygen atoms in total. The lowest BCUT2D eigenvalue weighted by molar-refractivity contribution is 0.0145. The third-order valence-corrected chi connectivity index (χ3v) is 3.64. The van der Waals surface area contributed by atoms with Crippen LogP contribution in [0.4, 0.5) is 8.78 Å². The van der Waals surface area contributed by atoms with Crippen molar-refractivity contribution in [2.75, 3.05) is 34.5 Å². The van der Waals surface area contributed by atoms with Gasteiger partial charge in [-0.15, -0.1) is 0 Å². The maximum atomic E-state index is 12.0. The van der Waals surface area contributed by atoms with Gasteiger partial charge < -0.3 is 19.5 Å². The van der Waals surface area contributed by atoms with Crippen LogP contribution in [0.3, 0.4) is 0 Å². The summed E-state index contributed by atoms with van der Waals surface area (Å²) in [5.74, 6) is 1.37. The number of hydrogen-bond acceptors (Lipinski definition) is 4. The van der Waals surface area contributed by atoms with Gasteiger partial charge in [-0.3, -0.25) is 0 Å². The molecule has 0 spiro atoms. The van der Waals surface area contributed by atoms with Crippen LogP contribution in [-0.4, -0.2) is 40.9 Å². The third kappa shape index (κ3) is 5.41. The molecule has 0 amide bonds. The predicted molar refractivity (Wildman–Crippen MR) is 80.5 cm³/mol. The van der Waals surface area contributed by atoms with E-state index in [1.807, 2.05) is 12.1 Å². The summed E-state index contributed by atoms with van der Waals surface area (Å²) in [7, 11) is 4.96. The van der Waals surface area contributed by atoms with Crippen LogP contribution in [0.5, 0.6) is 11.5 Å². The lowest BCUT2D eigenvalue weighted by Crippen LogP contribution is -2.20. The standard InChI is InChI=1S/C14H20BrF2NO3/c1-18-11(4-5-21-8-14(16)17)9-6-13(20-3)10(15)7-12(9)19-2/h6-7,11,14,18H,4-5,8H2,1-3H3. The van der Waals surface area contributed by atoms with E-state index in [4.69, 9.17) is 14.2 Å². The van der Waals surface area contributed by atoms with E-state index < -0.39 is 13.0 Å². The molecule has 21 heavy (non-hydrogen) atoms. The molecule has 0 saturated heterocycles. The van der Waals surface area contributed by atoms with Gasteiger partial charge in [0.2, 0.25) is 0 Å². The minimum atomic E-state index is -2.44. The maximum Gasteiger partial charge on any atom is 0.261 e. The Bertz CT molecular complexity index is 446. The smallest absolute Gasteiger partial charge is 0.261 e. The van der Waals surface area contributed by atoms with E-state index in [0.717, 1.165) is 10.0 Å². The fraction of sp³-hybridized carbons (Fsp3) is 0.571. The highest BCUT2D eigenvalue weighted by atomic mass is 79.9. The third-order valence-electron chi connectivity index (χ3n) is 3.02. The Labute approximate surface area is 131 Å². The molecule has 0 fully saturated rings. The molecule has 0 heterocycles. The zero-order chi connectivity index (χ0) is 15.8. The molecule has 1 atom stereocenters. The second kappa shape index (κ2) is 9.17. The number of rotatable bonds is 9. The van der Waals surface area contributed by atoms with Crippen molar-refractivity contribution >= 4 is 15.9 Å². The summed E-state index contributed by atoms with van der Waals surface area (Å²) in [5.41, 5.74) is 0.890. The molecule has 0 aromatic heterocycles. The molecule has 1 rings (SSSR count). The van der Waals surface area contributed by atoms with Gasteiger partial charge in [-0.1, -0.05) is 0 Å². The largest absolute Gasteiger partial charge is 0.496 e. The Balaban J connectivity index is 2.83. The molecule has 1 aromatic carbocycles. The van der Waals surface area contributed by atoms with Gasteiger partial charge in [0.15, 0.2) is 0 Å². The number of halogens is 3. The number of alkyl halides is 2. The average molecular weight is 368 g/mol. The summed E-state index contributed by atoms with van der Waals surface area (Å²) in [6.45, 7) is -0.311. The van der Waals surface area contributed by atoms with Crippen molar-refractivity contribution in [3.63, 3.8) is 0 Å². The molecule has 0 bridgehead atoms. The van der Waals surface area contributed by atoms with Gasteiger partial charge in [0.05, 0.1) is 18.7 Å². The van der Waals surface area contributed by atoms with Crippen molar-refractivity contribution < 1.29 is 23.0 Å². The second-order valence-corrected chi connectivity index (χ2v) is 5.18. The molecule has 1 unspecified atom stereocenters. The van der Waals surface area contributed by atoms with E-state index in [1.165, 1.54) is 0 Å². The quantitative estimate of drug-likeness (QED) is 0.679. The highest BCUT2D eigenvalue weighted by molar-refractivity contribution is 9.10. The van der Waals surface area contributed by atoms with Gasteiger partial charge in [-0.25, -0.2) is 8.78 Å². The number of ether oxygens (including phenoxy) is 3. The first-order valence-corrected chi connectivity index (χ1v) is 7.27. The number of methoxy groups -OCH3 is 2. The molecule has 120 valence electrons. The molecule has 1 N–H and O–H groups in total. The lowest BCUT2D eigenvalue weighted by Gasteiger charge is -2.21. The van der Waals surface area contributed by atoms with E-state index in [1.54, 1.807) is 21.3 Å². The van der Waals surface area contributed by atoms with Crippen LogP contribution in [-0.2, 0) is 4.74 Å². The van der Waals surface area contributed by atoms with Crippen LogP contribution in [0.15, 0.2) is 16.6 Å². The van der Waals surface area contributed by atoms with Crippen molar-refractivity contribution in [2.45, 2.75) is 18.9 Å². The van der Waals surface area contributed by atoms with Gasteiger partial charge in [0.1, 0.15) is 18.1 Å². The second-order valence-electron chi connectivity index (χ2n) is 4.32. The highest BCUT2D eigenvalue weighted by Crippen LogP contribution is 2.36. The summed E-state index contributed by atoms with van der Waals surface area (Å²) >= 11 is 3.40. The first-order valence-electron chi connectivity index (χ1n) is 6.48. The summed E-state index contributed by atoms with van der Waals surface area (Å²) in [5, 5.41) is 3.13. The normalized spacial score (nSPS) is 12.5. The van der Waals surface area contributed by atoms with Crippen molar-refractivity contribution in [1.82, 2.24) is 5.32 Å². The molecule has 0 aliphatic carbocycles. The van der Waals surface area contributed by atoms with E-state index in [0.29, 0.717) is 17.9 Å². The fourth-order valence-corrected chi connectivity index (χ4v) is 2.47. The summed E-state index contributed by atoms with van der Waals surface area (Å²) < 4.78 is 40.4. The Hall–Kier alpha value is -0.920. The molecular formula is C14H20BrF2NO3. The van der Waals surface area contributed by atoms with Crippen molar-refractivity contribution in [1.29, 1.82) is 0 Å². The molecule has 0 aliphatic rings. The molecule has 1 aromatic rings. The fourth-order valence-electron chi connectivity index (χ4n) is 1.99. The van der Waals surface area contributed by atoms with Crippen molar-refractivity contribution in [2.24, 2.45) is 0 Å². The lowest BCUT2D eigenvalue weighted by atomic mass is 10.0. The van der Waals surface area contributed by atoms with Gasteiger partial charge in [0, 0.05) is 18.2 Å². The van der Waals surface area contributed by atoms with E-state index in [9.17, 15) is 8.78 Å². The Morgan fingerprint density at radius 2 is 1.86 bits per heavy atom. The first kappa shape index (κ1) is 18.1. The summed E-state index contributed by atoms with van der Waals surface area (Å²) in [4.78, 5) is 0. The van der Waals surface area contributed by atoms with Crippen LogP contribution in [0.1, 0.15) is 18.0 Å². The van der Waals surface area contributed by atoms with E-state index >= 15 is 0 Å². The average Bonchev–Trinajstić information content (AvgIpc) is 2.47. The molecule has 0 aliphatic heterocycles. The van der Waals surface area contributed by atoms with Crippen LogP contribution < -0.4 is 14.8 Å². The summed E-state index contributed by atoms with van der Waals surface area (Å²) in [6, 6.07) is 3.59. The summed E-state index contributed by atoms with van der Waals surface area (Å²) in [6.07, 6.45) is -1.90. The van der Waals surface area contributed by atoms with Gasteiger partial charge in [0.25, 0.3) is 6.43 Å². The van der Waals surface area contributed by atoms with Crippen LogP contribution in [0, 0.1) is 0 Å². The van der Waals surface area contributed by atoms with Crippen molar-refractivity contribution in [3.05, 3.63) is 22.2 Å². The first-order chi connectivity index (χ1) is 10.0. The van der Waals surface area contributed by atoms with Crippen LogP contribution in [0.25, 0.3) is 0 Å². The maximum absolute atomic E-state index is 12.0. The molecule has 0 radical (unpaired) electrons. The van der Waals surface area contributed by atoms with Gasteiger partial charge in [-0.2, -0.15) is 0 Å².